The summed E-state index contributed by atoms with van der Waals surface area (Å²) in [6, 6.07) is 0. The molecular formula is C17H29F3O2. The second kappa shape index (κ2) is 9.43. The van der Waals surface area contributed by atoms with E-state index in [0.29, 0.717) is 12.8 Å². The molecule has 0 aromatic carbocycles. The predicted molar refractivity (Wildman–Crippen MR) is 81.5 cm³/mol. The minimum atomic E-state index is -4.55. The molecule has 0 aromatic rings. The number of hydrogen-bond acceptors (Lipinski definition) is 2. The highest BCUT2D eigenvalue weighted by Gasteiger charge is 2.39. The molecule has 0 radical (unpaired) electrons. The molecule has 0 aliphatic heterocycles. The summed E-state index contributed by atoms with van der Waals surface area (Å²) >= 11 is 0. The zero-order chi connectivity index (χ0) is 16.5. The molecule has 1 rings (SSSR count). The van der Waals surface area contributed by atoms with Crippen LogP contribution in [-0.4, -0.2) is 23.5 Å². The van der Waals surface area contributed by atoms with E-state index in [9.17, 15) is 18.3 Å². The third-order valence-electron chi connectivity index (χ3n) is 4.20. The van der Waals surface area contributed by atoms with Crippen LogP contribution in [0, 0.1) is 0 Å². The third-order valence-corrected chi connectivity index (χ3v) is 4.20. The van der Waals surface area contributed by atoms with Crippen molar-refractivity contribution in [3.8, 4) is 0 Å². The minimum Gasteiger partial charge on any atom is -0.489 e. The van der Waals surface area contributed by atoms with Crippen molar-refractivity contribution in [2.45, 2.75) is 89.3 Å². The van der Waals surface area contributed by atoms with E-state index in [1.807, 2.05) is 0 Å². The second-order valence-corrected chi connectivity index (χ2v) is 6.22. The Morgan fingerprint density at radius 2 is 1.36 bits per heavy atom. The van der Waals surface area contributed by atoms with Gasteiger partial charge in [0.05, 0.1) is 12.2 Å². The highest BCUT2D eigenvalue weighted by molar-refractivity contribution is 5.10. The zero-order valence-electron chi connectivity index (χ0n) is 13.6. The van der Waals surface area contributed by atoms with E-state index >= 15 is 0 Å². The van der Waals surface area contributed by atoms with Crippen molar-refractivity contribution >= 4 is 0 Å². The Bertz CT molecular complexity index is 325. The summed E-state index contributed by atoms with van der Waals surface area (Å²) in [6.07, 6.45) is 6.35. The van der Waals surface area contributed by atoms with Gasteiger partial charge in [-0.25, -0.2) is 0 Å². The molecule has 0 atom stereocenters. The molecule has 1 saturated carbocycles. The Kier molecular flexibility index (Phi) is 8.29. The van der Waals surface area contributed by atoms with Gasteiger partial charge in [0, 0.05) is 0 Å². The van der Waals surface area contributed by atoms with Gasteiger partial charge in [0.1, 0.15) is 0 Å². The van der Waals surface area contributed by atoms with E-state index in [4.69, 9.17) is 4.74 Å². The Morgan fingerprint density at radius 1 is 0.955 bits per heavy atom. The zero-order valence-corrected chi connectivity index (χ0v) is 13.6. The van der Waals surface area contributed by atoms with Crippen LogP contribution >= 0.6 is 0 Å². The molecule has 0 saturated heterocycles. The summed E-state index contributed by atoms with van der Waals surface area (Å²) in [7, 11) is 0. The Balaban J connectivity index is 2.81. The fourth-order valence-electron chi connectivity index (χ4n) is 2.97. The largest absolute Gasteiger partial charge is 0.489 e. The van der Waals surface area contributed by atoms with Gasteiger partial charge >= 0.3 is 6.18 Å². The second-order valence-electron chi connectivity index (χ2n) is 6.22. The lowest BCUT2D eigenvalue weighted by molar-refractivity contribution is -0.132. The molecular weight excluding hydrogens is 293 g/mol. The fourth-order valence-corrected chi connectivity index (χ4v) is 2.97. The predicted octanol–water partition coefficient (Wildman–Crippen LogP) is 5.50. The summed E-state index contributed by atoms with van der Waals surface area (Å²) in [6.45, 7) is 1.46. The molecule has 1 aliphatic carbocycles. The van der Waals surface area contributed by atoms with E-state index in [0.717, 1.165) is 44.6 Å². The quantitative estimate of drug-likeness (QED) is 0.695. The van der Waals surface area contributed by atoms with Gasteiger partial charge in [-0.2, -0.15) is 13.2 Å². The summed E-state index contributed by atoms with van der Waals surface area (Å²) in [5, 5.41) is 10.7. The van der Waals surface area contributed by atoms with Gasteiger partial charge in [-0.3, -0.25) is 0 Å². The normalized spacial score (nSPS) is 22.5. The average molecular weight is 322 g/mol. The number of allylic oxidation sites excluding steroid dienone is 1. The van der Waals surface area contributed by atoms with Crippen molar-refractivity contribution in [1.29, 1.82) is 0 Å². The molecule has 5 heteroatoms. The number of alkyl halides is 3. The summed E-state index contributed by atoms with van der Waals surface area (Å²) in [5.41, 5.74) is -1.40. The van der Waals surface area contributed by atoms with E-state index in [1.165, 1.54) is 26.2 Å². The van der Waals surface area contributed by atoms with E-state index < -0.39 is 17.5 Å². The molecule has 0 bridgehead atoms. The topological polar surface area (TPSA) is 29.5 Å². The van der Waals surface area contributed by atoms with Crippen LogP contribution < -0.4 is 0 Å². The van der Waals surface area contributed by atoms with E-state index in [2.05, 4.69) is 0 Å². The van der Waals surface area contributed by atoms with Gasteiger partial charge in [-0.15, -0.1) is 0 Å². The first-order valence-electron chi connectivity index (χ1n) is 8.52. The Morgan fingerprint density at radius 3 is 1.73 bits per heavy atom. The summed E-state index contributed by atoms with van der Waals surface area (Å²) in [5.74, 6) is -1.05. The molecule has 130 valence electrons. The molecule has 2 nitrogen and oxygen atoms in total. The number of rotatable bonds is 3. The maximum absolute atomic E-state index is 13.0. The molecule has 1 aliphatic rings. The maximum atomic E-state index is 13.0. The van der Waals surface area contributed by atoms with Gasteiger partial charge in [-0.05, 0) is 25.8 Å². The first-order valence-corrected chi connectivity index (χ1v) is 8.52. The highest BCUT2D eigenvalue weighted by Crippen LogP contribution is 2.33. The smallest absolute Gasteiger partial charge is 0.448 e. The van der Waals surface area contributed by atoms with E-state index in [1.54, 1.807) is 0 Å². The molecule has 22 heavy (non-hydrogen) atoms. The summed E-state index contributed by atoms with van der Waals surface area (Å²) in [4.78, 5) is 0. The Labute approximate surface area is 131 Å². The molecule has 0 aromatic heterocycles. The molecule has 0 heterocycles. The van der Waals surface area contributed by atoms with Crippen molar-refractivity contribution < 1.29 is 23.0 Å². The lowest BCUT2D eigenvalue weighted by atomic mass is 9.88. The lowest BCUT2D eigenvalue weighted by Crippen LogP contribution is -2.29. The van der Waals surface area contributed by atoms with Crippen LogP contribution in [-0.2, 0) is 4.74 Å². The molecule has 1 N–H and O–H groups in total. The number of halogens is 3. The van der Waals surface area contributed by atoms with Crippen molar-refractivity contribution in [3.05, 3.63) is 11.8 Å². The van der Waals surface area contributed by atoms with Gasteiger partial charge < -0.3 is 9.84 Å². The molecule has 1 fully saturated rings. The first kappa shape index (κ1) is 19.3. The van der Waals surface area contributed by atoms with Crippen molar-refractivity contribution in [1.82, 2.24) is 0 Å². The maximum Gasteiger partial charge on any atom is 0.448 e. The highest BCUT2D eigenvalue weighted by atomic mass is 19.4. The first-order chi connectivity index (χ1) is 10.4. The average Bonchev–Trinajstić information content (AvgIpc) is 2.42. The third kappa shape index (κ3) is 7.52. The van der Waals surface area contributed by atoms with Crippen molar-refractivity contribution in [2.24, 2.45) is 0 Å². The SMILES string of the molecule is CCO/C(=C\C1(O)CCCCCCCCCCC1)C(F)(F)F. The van der Waals surface area contributed by atoms with E-state index in [-0.39, 0.29) is 6.61 Å². The van der Waals surface area contributed by atoms with Crippen LogP contribution in [0.1, 0.15) is 77.6 Å². The molecule has 0 spiro atoms. The lowest BCUT2D eigenvalue weighted by Gasteiger charge is -2.27. The molecule has 0 amide bonds. The number of ether oxygens (including phenoxy) is 1. The van der Waals surface area contributed by atoms with Gasteiger partial charge in [-0.1, -0.05) is 57.8 Å². The van der Waals surface area contributed by atoms with Gasteiger partial charge in [0.15, 0.2) is 5.76 Å². The minimum absolute atomic E-state index is 0.0541. The number of aliphatic hydroxyl groups is 1. The van der Waals surface area contributed by atoms with Crippen molar-refractivity contribution in [2.75, 3.05) is 6.61 Å². The van der Waals surface area contributed by atoms with Gasteiger partial charge in [0.2, 0.25) is 0 Å². The molecule has 0 unspecified atom stereocenters. The standard InChI is InChI=1S/C17H29F3O2/c1-2-22-15(17(18,19)20)14-16(21)12-10-8-6-4-3-5-7-9-11-13-16/h14,21H,2-13H2,1H3/b15-14-. The van der Waals surface area contributed by atoms with Crippen LogP contribution in [0.25, 0.3) is 0 Å². The van der Waals surface area contributed by atoms with Crippen molar-refractivity contribution in [3.63, 3.8) is 0 Å². The van der Waals surface area contributed by atoms with Crippen LogP contribution in [0.2, 0.25) is 0 Å². The Hall–Kier alpha value is -0.710. The van der Waals surface area contributed by atoms with Crippen LogP contribution in [0.15, 0.2) is 11.8 Å². The van der Waals surface area contributed by atoms with Gasteiger partial charge in [0.25, 0.3) is 0 Å². The summed E-state index contributed by atoms with van der Waals surface area (Å²) < 4.78 is 43.6. The number of hydrogen-bond donors (Lipinski definition) is 1. The van der Waals surface area contributed by atoms with Crippen LogP contribution in [0.3, 0.4) is 0 Å². The van der Waals surface area contributed by atoms with Crippen LogP contribution in [0.4, 0.5) is 13.2 Å². The fraction of sp³-hybridized carbons (Fsp3) is 0.882. The monoisotopic (exact) mass is 322 g/mol. The van der Waals surface area contributed by atoms with Crippen LogP contribution in [0.5, 0.6) is 0 Å².